The molecule has 4 aromatic carbocycles. The Morgan fingerprint density at radius 2 is 1.21 bits per heavy atom. The van der Waals surface area contributed by atoms with Gasteiger partial charge in [-0.05, 0) is 17.2 Å². The number of hydrogen-bond acceptors (Lipinski definition) is 5. The highest BCUT2D eigenvalue weighted by atomic mass is 31.2. The summed E-state index contributed by atoms with van der Waals surface area (Å²) in [5, 5.41) is 15.7. The largest absolute Gasteiger partial charge is 0.380 e. The van der Waals surface area contributed by atoms with E-state index in [0.717, 1.165) is 32.7 Å². The first-order valence-corrected chi connectivity index (χ1v) is 15.5. The minimum atomic E-state index is -2.44. The standard InChI is InChI=1S/C35H30N5OP/c41-35-18-10-11-23-40(35)27-29-21-19-28(20-22-29)25-36-30-24-34(38-37-26-30)39-42(31-12-4-1-5-13-31,32-14-6-2-7-15-32)33-16-8-3-9-17-33/h1-24,26H,25,27H2,(H,36,38). The molecule has 42 heavy (non-hydrogen) atoms. The minimum absolute atomic E-state index is 0.00657. The molecule has 0 amide bonds. The Labute approximate surface area is 245 Å². The SMILES string of the molecule is O=c1ccccn1Cc1ccc(CNc2cnnc(N=P(c3ccccc3)(c3ccccc3)c3ccccc3)c2)cc1. The Hall–Kier alpha value is -5.06. The summed E-state index contributed by atoms with van der Waals surface area (Å²) in [6, 6.07) is 46.9. The summed E-state index contributed by atoms with van der Waals surface area (Å²) in [7, 11) is -2.44. The van der Waals surface area contributed by atoms with Crippen LogP contribution in [-0.2, 0) is 13.1 Å². The zero-order valence-corrected chi connectivity index (χ0v) is 23.9. The van der Waals surface area contributed by atoms with E-state index < -0.39 is 7.05 Å². The van der Waals surface area contributed by atoms with Crippen LogP contribution in [0.1, 0.15) is 11.1 Å². The molecule has 0 aliphatic carbocycles. The van der Waals surface area contributed by atoms with Gasteiger partial charge in [0.25, 0.3) is 5.56 Å². The lowest BCUT2D eigenvalue weighted by atomic mass is 10.1. The van der Waals surface area contributed by atoms with E-state index in [1.54, 1.807) is 29.1 Å². The van der Waals surface area contributed by atoms with Crippen LogP contribution in [0, 0.1) is 0 Å². The molecule has 0 atom stereocenters. The fraction of sp³-hybridized carbons (Fsp3) is 0.0571. The van der Waals surface area contributed by atoms with E-state index in [0.29, 0.717) is 18.9 Å². The number of aromatic nitrogens is 3. The lowest BCUT2D eigenvalue weighted by Crippen LogP contribution is -2.25. The smallest absolute Gasteiger partial charge is 0.250 e. The molecular weight excluding hydrogens is 537 g/mol. The molecular formula is C35H30N5OP. The van der Waals surface area contributed by atoms with E-state index in [2.05, 4.69) is 113 Å². The zero-order chi connectivity index (χ0) is 28.6. The van der Waals surface area contributed by atoms with Crippen LogP contribution in [0.25, 0.3) is 0 Å². The van der Waals surface area contributed by atoms with Crippen LogP contribution in [0.4, 0.5) is 11.5 Å². The van der Waals surface area contributed by atoms with Crippen LogP contribution in [0.15, 0.2) is 161 Å². The average Bonchev–Trinajstić information content (AvgIpc) is 3.06. The van der Waals surface area contributed by atoms with E-state index in [1.807, 2.05) is 30.3 Å². The van der Waals surface area contributed by atoms with Gasteiger partial charge in [0.15, 0.2) is 5.82 Å². The van der Waals surface area contributed by atoms with E-state index in [4.69, 9.17) is 4.74 Å². The number of anilines is 1. The summed E-state index contributed by atoms with van der Waals surface area (Å²) < 4.78 is 7.14. The molecule has 0 radical (unpaired) electrons. The quantitative estimate of drug-likeness (QED) is 0.214. The third kappa shape index (κ3) is 5.99. The minimum Gasteiger partial charge on any atom is -0.380 e. The summed E-state index contributed by atoms with van der Waals surface area (Å²) in [4.78, 5) is 12.0. The topological polar surface area (TPSA) is 72.2 Å². The highest BCUT2D eigenvalue weighted by molar-refractivity contribution is 7.87. The van der Waals surface area contributed by atoms with E-state index in [-0.39, 0.29) is 5.56 Å². The van der Waals surface area contributed by atoms with Gasteiger partial charge in [-0.3, -0.25) is 4.79 Å². The lowest BCUT2D eigenvalue weighted by Gasteiger charge is -2.26. The normalized spacial score (nSPS) is 11.1. The molecule has 6 rings (SSSR count). The number of nitrogens with one attached hydrogen (secondary N) is 1. The summed E-state index contributed by atoms with van der Waals surface area (Å²) in [6.07, 6.45) is 3.53. The van der Waals surface area contributed by atoms with Gasteiger partial charge in [0.2, 0.25) is 0 Å². The van der Waals surface area contributed by atoms with Gasteiger partial charge < -0.3 is 9.88 Å². The van der Waals surface area contributed by atoms with Crippen molar-refractivity contribution in [1.29, 1.82) is 0 Å². The van der Waals surface area contributed by atoms with Crippen molar-refractivity contribution in [2.24, 2.45) is 4.74 Å². The van der Waals surface area contributed by atoms with Crippen molar-refractivity contribution in [2.75, 3.05) is 5.32 Å². The molecule has 0 unspecified atom stereocenters. The summed E-state index contributed by atoms with van der Waals surface area (Å²) in [6.45, 7) is 1.16. The van der Waals surface area contributed by atoms with Gasteiger partial charge >= 0.3 is 0 Å². The van der Waals surface area contributed by atoms with Gasteiger partial charge in [-0.15, -0.1) is 5.10 Å². The van der Waals surface area contributed by atoms with Crippen molar-refractivity contribution in [2.45, 2.75) is 13.1 Å². The Morgan fingerprint density at radius 3 is 1.79 bits per heavy atom. The van der Waals surface area contributed by atoms with E-state index in [1.165, 1.54) is 0 Å². The van der Waals surface area contributed by atoms with Gasteiger partial charge in [-0.1, -0.05) is 121 Å². The molecule has 7 heteroatoms. The van der Waals surface area contributed by atoms with Crippen LogP contribution in [0.2, 0.25) is 0 Å². The monoisotopic (exact) mass is 567 g/mol. The first-order chi connectivity index (χ1) is 20.7. The van der Waals surface area contributed by atoms with Crippen LogP contribution in [0.5, 0.6) is 0 Å². The first kappa shape index (κ1) is 27.1. The highest BCUT2D eigenvalue weighted by Gasteiger charge is 2.27. The molecule has 1 N–H and O–H groups in total. The molecule has 206 valence electrons. The number of nitrogens with zero attached hydrogens (tertiary/aromatic N) is 4. The second-order valence-electron chi connectivity index (χ2n) is 9.88. The Morgan fingerprint density at radius 1 is 0.667 bits per heavy atom. The second-order valence-corrected chi connectivity index (χ2v) is 12.9. The Balaban J connectivity index is 1.31. The zero-order valence-electron chi connectivity index (χ0n) is 23.0. The molecule has 2 aromatic heterocycles. The van der Waals surface area contributed by atoms with Crippen molar-refractivity contribution in [1.82, 2.24) is 14.8 Å². The van der Waals surface area contributed by atoms with Crippen molar-refractivity contribution in [3.63, 3.8) is 0 Å². The van der Waals surface area contributed by atoms with Crippen LogP contribution in [0.3, 0.4) is 0 Å². The molecule has 0 saturated heterocycles. The third-order valence-electron chi connectivity index (χ3n) is 7.06. The van der Waals surface area contributed by atoms with Crippen molar-refractivity contribution >= 4 is 34.5 Å². The number of rotatable bonds is 9. The van der Waals surface area contributed by atoms with Crippen LogP contribution in [-0.4, -0.2) is 14.8 Å². The molecule has 6 aromatic rings. The van der Waals surface area contributed by atoms with Gasteiger partial charge in [-0.25, -0.2) is 4.74 Å². The fourth-order valence-electron chi connectivity index (χ4n) is 4.96. The molecule has 0 aliphatic heterocycles. The summed E-state index contributed by atoms with van der Waals surface area (Å²) >= 11 is 0. The van der Waals surface area contributed by atoms with Gasteiger partial charge in [-0.2, -0.15) is 5.10 Å². The molecule has 2 heterocycles. The summed E-state index contributed by atoms with van der Waals surface area (Å²) in [5.41, 5.74) is 3.03. The number of hydrogen-bond donors (Lipinski definition) is 1. The summed E-state index contributed by atoms with van der Waals surface area (Å²) in [5.74, 6) is 0.577. The molecule has 0 spiro atoms. The fourth-order valence-corrected chi connectivity index (χ4v) is 8.42. The van der Waals surface area contributed by atoms with Crippen molar-refractivity contribution in [3.05, 3.63) is 173 Å². The van der Waals surface area contributed by atoms with Crippen LogP contribution < -0.4 is 26.8 Å². The number of pyridine rings is 1. The molecule has 0 aliphatic rings. The van der Waals surface area contributed by atoms with Gasteiger partial charge in [0.05, 0.1) is 25.5 Å². The predicted molar refractivity (Wildman–Crippen MR) is 173 cm³/mol. The van der Waals surface area contributed by atoms with Crippen molar-refractivity contribution < 1.29 is 0 Å². The molecule has 0 fully saturated rings. The highest BCUT2D eigenvalue weighted by Crippen LogP contribution is 2.48. The second kappa shape index (κ2) is 12.6. The predicted octanol–water partition coefficient (Wildman–Crippen LogP) is 6.11. The third-order valence-corrected chi connectivity index (χ3v) is 10.7. The molecule has 0 bridgehead atoms. The average molecular weight is 568 g/mol. The Kier molecular flexibility index (Phi) is 8.16. The van der Waals surface area contributed by atoms with Crippen molar-refractivity contribution in [3.8, 4) is 0 Å². The maximum absolute atomic E-state index is 12.0. The maximum atomic E-state index is 12.0. The number of benzene rings is 4. The molecule has 0 saturated carbocycles. The maximum Gasteiger partial charge on any atom is 0.250 e. The van der Waals surface area contributed by atoms with Crippen LogP contribution >= 0.6 is 7.05 Å². The lowest BCUT2D eigenvalue weighted by molar-refractivity contribution is 0.759. The molecule has 6 nitrogen and oxygen atoms in total. The first-order valence-electron chi connectivity index (χ1n) is 13.8. The van der Waals surface area contributed by atoms with Gasteiger partial charge in [0.1, 0.15) is 0 Å². The van der Waals surface area contributed by atoms with Gasteiger partial charge in [0, 0.05) is 40.8 Å². The Bertz CT molecular complexity index is 1770. The van der Waals surface area contributed by atoms with E-state index >= 15 is 0 Å². The van der Waals surface area contributed by atoms with E-state index in [9.17, 15) is 4.79 Å².